The van der Waals surface area contributed by atoms with Gasteiger partial charge in [0.2, 0.25) is 0 Å². The van der Waals surface area contributed by atoms with Gasteiger partial charge in [-0.2, -0.15) is 0 Å². The van der Waals surface area contributed by atoms with Crippen molar-refractivity contribution in [1.29, 1.82) is 0 Å². The molecule has 4 aromatic carbocycles. The lowest BCUT2D eigenvalue weighted by Crippen LogP contribution is -2.36. The van der Waals surface area contributed by atoms with Crippen LogP contribution in [0.1, 0.15) is 36.6 Å². The Morgan fingerprint density at radius 2 is 1.50 bits per heavy atom. The lowest BCUT2D eigenvalue weighted by atomic mass is 10.1. The monoisotopic (exact) mass is 524 g/mol. The molecule has 0 fully saturated rings. The summed E-state index contributed by atoms with van der Waals surface area (Å²) in [6.45, 7) is 4.73. The number of nitrogens with zero attached hydrogens (tertiary/aromatic N) is 1. The van der Waals surface area contributed by atoms with Crippen molar-refractivity contribution < 1.29 is 14.3 Å². The molecule has 5 nitrogen and oxygen atoms in total. The van der Waals surface area contributed by atoms with E-state index < -0.39 is 0 Å². The van der Waals surface area contributed by atoms with Crippen LogP contribution in [0.2, 0.25) is 0 Å². The standard InChI is InChI=1S/C32H32N2O3S/c1-3-37-31(35)21-25-17-19-29(20-18-25)38-30-16-10-15-28(22-30)33-32(36)34(23-26-11-6-4-7-12-26)24(2)27-13-8-5-9-14-27/h4-20,22,24H,3,21,23H2,1-2H3,(H,33,36). The van der Waals surface area contributed by atoms with Crippen molar-refractivity contribution >= 4 is 29.4 Å². The molecule has 1 atom stereocenters. The third kappa shape index (κ3) is 7.73. The average Bonchev–Trinajstić information content (AvgIpc) is 2.94. The maximum Gasteiger partial charge on any atom is 0.322 e. The molecule has 0 heterocycles. The van der Waals surface area contributed by atoms with Crippen molar-refractivity contribution in [3.8, 4) is 0 Å². The van der Waals surface area contributed by atoms with E-state index >= 15 is 0 Å². The number of esters is 1. The number of carbonyl (C=O) groups excluding carboxylic acids is 2. The molecule has 2 amide bonds. The molecule has 0 aliphatic carbocycles. The minimum atomic E-state index is -0.223. The van der Waals surface area contributed by atoms with Crippen molar-refractivity contribution in [3.63, 3.8) is 0 Å². The molecule has 0 radical (unpaired) electrons. The zero-order valence-electron chi connectivity index (χ0n) is 21.7. The van der Waals surface area contributed by atoms with Gasteiger partial charge in [0.05, 0.1) is 19.1 Å². The van der Waals surface area contributed by atoms with Crippen molar-refractivity contribution in [2.75, 3.05) is 11.9 Å². The van der Waals surface area contributed by atoms with E-state index in [9.17, 15) is 9.59 Å². The van der Waals surface area contributed by atoms with Crippen LogP contribution >= 0.6 is 11.8 Å². The van der Waals surface area contributed by atoms with Crippen LogP contribution in [-0.4, -0.2) is 23.5 Å². The highest BCUT2D eigenvalue weighted by Gasteiger charge is 2.22. The predicted molar refractivity (Wildman–Crippen MR) is 153 cm³/mol. The topological polar surface area (TPSA) is 58.6 Å². The number of carbonyl (C=O) groups is 2. The summed E-state index contributed by atoms with van der Waals surface area (Å²) in [6.07, 6.45) is 0.265. The Balaban J connectivity index is 1.45. The van der Waals surface area contributed by atoms with Gasteiger partial charge in [-0.05, 0) is 60.9 Å². The number of hydrogen-bond donors (Lipinski definition) is 1. The molecule has 0 saturated heterocycles. The largest absolute Gasteiger partial charge is 0.466 e. The van der Waals surface area contributed by atoms with Crippen molar-refractivity contribution in [3.05, 3.63) is 126 Å². The van der Waals surface area contributed by atoms with E-state index in [-0.39, 0.29) is 24.5 Å². The van der Waals surface area contributed by atoms with Crippen molar-refractivity contribution in [2.24, 2.45) is 0 Å². The highest BCUT2D eigenvalue weighted by molar-refractivity contribution is 7.99. The van der Waals surface area contributed by atoms with E-state index in [2.05, 4.69) is 12.2 Å². The first-order valence-corrected chi connectivity index (χ1v) is 13.5. The maximum absolute atomic E-state index is 13.5. The fourth-order valence-corrected chi connectivity index (χ4v) is 4.98. The Hall–Kier alpha value is -4.03. The molecule has 1 unspecified atom stereocenters. The van der Waals surface area contributed by atoms with Crippen LogP contribution in [0.3, 0.4) is 0 Å². The molecule has 0 aliphatic rings. The van der Waals surface area contributed by atoms with E-state index in [1.807, 2.05) is 114 Å². The van der Waals surface area contributed by atoms with Crippen LogP contribution in [-0.2, 0) is 22.5 Å². The SMILES string of the molecule is CCOC(=O)Cc1ccc(Sc2cccc(NC(=O)N(Cc3ccccc3)C(C)c3ccccc3)c2)cc1. The predicted octanol–water partition coefficient (Wildman–Crippen LogP) is 7.74. The number of urea groups is 1. The van der Waals surface area contributed by atoms with Crippen LogP contribution in [0.25, 0.3) is 0 Å². The van der Waals surface area contributed by atoms with Gasteiger partial charge in [0.15, 0.2) is 0 Å². The lowest BCUT2D eigenvalue weighted by Gasteiger charge is -2.30. The number of benzene rings is 4. The highest BCUT2D eigenvalue weighted by atomic mass is 32.2. The van der Waals surface area contributed by atoms with E-state index in [1.54, 1.807) is 18.7 Å². The summed E-state index contributed by atoms with van der Waals surface area (Å²) >= 11 is 1.60. The molecule has 0 bridgehead atoms. The number of rotatable bonds is 10. The molecule has 0 aromatic heterocycles. The van der Waals surface area contributed by atoms with Crippen molar-refractivity contribution in [1.82, 2.24) is 4.90 Å². The fraction of sp³-hybridized carbons (Fsp3) is 0.188. The lowest BCUT2D eigenvalue weighted by molar-refractivity contribution is -0.142. The number of ether oxygens (including phenoxy) is 1. The summed E-state index contributed by atoms with van der Waals surface area (Å²) in [5.74, 6) is -0.223. The summed E-state index contributed by atoms with van der Waals surface area (Å²) in [7, 11) is 0. The third-order valence-electron chi connectivity index (χ3n) is 6.10. The minimum Gasteiger partial charge on any atom is -0.466 e. The quantitative estimate of drug-likeness (QED) is 0.216. The van der Waals surface area contributed by atoms with Gasteiger partial charge in [-0.15, -0.1) is 0 Å². The number of hydrogen-bond acceptors (Lipinski definition) is 4. The van der Waals surface area contributed by atoms with Crippen LogP contribution in [0.5, 0.6) is 0 Å². The summed E-state index contributed by atoms with van der Waals surface area (Å²) in [5, 5.41) is 3.10. The van der Waals surface area contributed by atoms with Gasteiger partial charge >= 0.3 is 12.0 Å². The van der Waals surface area contributed by atoms with Crippen LogP contribution in [0.15, 0.2) is 119 Å². The number of anilines is 1. The molecule has 1 N–H and O–H groups in total. The van der Waals surface area contributed by atoms with Gasteiger partial charge in [0, 0.05) is 22.0 Å². The van der Waals surface area contributed by atoms with Gasteiger partial charge < -0.3 is 15.0 Å². The van der Waals surface area contributed by atoms with Gasteiger partial charge in [-0.25, -0.2) is 4.79 Å². The molecule has 0 saturated carbocycles. The van der Waals surface area contributed by atoms with E-state index in [0.29, 0.717) is 13.2 Å². The Kier molecular flexibility index (Phi) is 9.59. The molecule has 0 aliphatic heterocycles. The van der Waals surface area contributed by atoms with E-state index in [1.165, 1.54) is 0 Å². The number of nitrogens with one attached hydrogen (secondary N) is 1. The molecular weight excluding hydrogens is 492 g/mol. The number of amides is 2. The van der Waals surface area contributed by atoms with Gasteiger partial charge in [0.1, 0.15) is 0 Å². The molecule has 0 spiro atoms. The van der Waals surface area contributed by atoms with Gasteiger partial charge in [-0.1, -0.05) is 90.6 Å². The Morgan fingerprint density at radius 1 is 0.816 bits per heavy atom. The molecule has 194 valence electrons. The highest BCUT2D eigenvalue weighted by Crippen LogP contribution is 2.30. The summed E-state index contributed by atoms with van der Waals surface area (Å²) in [5.41, 5.74) is 3.80. The normalized spacial score (nSPS) is 11.4. The summed E-state index contributed by atoms with van der Waals surface area (Å²) < 4.78 is 5.02. The average molecular weight is 525 g/mol. The summed E-state index contributed by atoms with van der Waals surface area (Å²) in [4.78, 5) is 29.2. The molecular formula is C32H32N2O3S. The Morgan fingerprint density at radius 3 is 2.18 bits per heavy atom. The van der Waals surface area contributed by atoms with Crippen LogP contribution in [0.4, 0.5) is 10.5 Å². The second kappa shape index (κ2) is 13.5. The van der Waals surface area contributed by atoms with E-state index in [0.717, 1.165) is 32.2 Å². The van der Waals surface area contributed by atoms with Gasteiger partial charge in [0.25, 0.3) is 0 Å². The first-order chi connectivity index (χ1) is 18.5. The van der Waals surface area contributed by atoms with E-state index in [4.69, 9.17) is 4.74 Å². The molecule has 4 aromatic rings. The fourth-order valence-electron chi connectivity index (χ4n) is 4.10. The Bertz CT molecular complexity index is 1330. The zero-order valence-corrected chi connectivity index (χ0v) is 22.5. The van der Waals surface area contributed by atoms with Crippen LogP contribution in [0, 0.1) is 0 Å². The van der Waals surface area contributed by atoms with Crippen LogP contribution < -0.4 is 5.32 Å². The zero-order chi connectivity index (χ0) is 26.7. The van der Waals surface area contributed by atoms with Crippen molar-refractivity contribution in [2.45, 2.75) is 42.6 Å². The second-order valence-corrected chi connectivity index (χ2v) is 10.0. The third-order valence-corrected chi connectivity index (χ3v) is 7.10. The molecule has 4 rings (SSSR count). The summed E-state index contributed by atoms with van der Waals surface area (Å²) in [6, 6.07) is 35.5. The smallest absolute Gasteiger partial charge is 0.322 e. The first kappa shape index (κ1) is 27.0. The first-order valence-electron chi connectivity index (χ1n) is 12.7. The maximum atomic E-state index is 13.5. The Labute approximate surface area is 228 Å². The minimum absolute atomic E-state index is 0.109. The molecule has 6 heteroatoms. The molecule has 38 heavy (non-hydrogen) atoms. The van der Waals surface area contributed by atoms with Gasteiger partial charge in [-0.3, -0.25) is 4.79 Å². The second-order valence-electron chi connectivity index (χ2n) is 8.89.